The minimum atomic E-state index is -0.566. The van der Waals surface area contributed by atoms with Gasteiger partial charge < -0.3 is 10.2 Å². The van der Waals surface area contributed by atoms with E-state index in [1.165, 1.54) is 5.57 Å². The molecule has 0 radical (unpaired) electrons. The van der Waals surface area contributed by atoms with Crippen molar-refractivity contribution in [2.45, 2.75) is 31.7 Å². The Kier molecular flexibility index (Phi) is 4.50. The largest absolute Gasteiger partial charge is 0.337 e. The Labute approximate surface area is 152 Å². The first-order valence-corrected chi connectivity index (χ1v) is 9.17. The van der Waals surface area contributed by atoms with Gasteiger partial charge in [0.1, 0.15) is 0 Å². The lowest BCUT2D eigenvalue weighted by Crippen LogP contribution is -2.59. The molecule has 2 aliphatic heterocycles. The van der Waals surface area contributed by atoms with Crippen LogP contribution < -0.4 is 10.8 Å². The van der Waals surface area contributed by atoms with Crippen LogP contribution in [0.2, 0.25) is 0 Å². The van der Waals surface area contributed by atoms with Crippen LogP contribution in [0, 0.1) is 11.3 Å². The summed E-state index contributed by atoms with van der Waals surface area (Å²) in [6.45, 7) is 1.93. The maximum Gasteiger partial charge on any atom is 0.248 e. The molecule has 2 amide bonds. The topological polar surface area (TPSA) is 94.6 Å². The quantitative estimate of drug-likeness (QED) is 0.554. The predicted molar refractivity (Wildman–Crippen MR) is 94.9 cm³/mol. The van der Waals surface area contributed by atoms with Gasteiger partial charge in [0.25, 0.3) is 0 Å². The van der Waals surface area contributed by atoms with Gasteiger partial charge in [-0.25, -0.2) is 5.48 Å². The molecule has 26 heavy (non-hydrogen) atoms. The lowest BCUT2D eigenvalue weighted by Gasteiger charge is -2.38. The average molecular weight is 356 g/mol. The molecular weight excluding hydrogens is 332 g/mol. The van der Waals surface area contributed by atoms with Crippen LogP contribution in [0.5, 0.6) is 0 Å². The standard InChI is InChI=1S/C19H24N4O3/c24-17(22-26)15-11-19(5-6-19)12-21-16(15)18(25)23-9-3-14(4-10-23)13-1-7-20-8-2-13/h1-3,7-8,15-16,21,26H,4-6,9-12H2,(H,22,24). The molecule has 1 spiro atoms. The molecule has 7 nitrogen and oxygen atoms in total. The van der Waals surface area contributed by atoms with Crippen LogP contribution in [0.3, 0.4) is 0 Å². The molecule has 138 valence electrons. The van der Waals surface area contributed by atoms with Crippen LogP contribution in [-0.2, 0) is 9.59 Å². The minimum absolute atomic E-state index is 0.0564. The maximum atomic E-state index is 13.0. The van der Waals surface area contributed by atoms with E-state index < -0.39 is 17.9 Å². The van der Waals surface area contributed by atoms with Crippen LogP contribution in [0.15, 0.2) is 30.6 Å². The van der Waals surface area contributed by atoms with Gasteiger partial charge >= 0.3 is 0 Å². The van der Waals surface area contributed by atoms with E-state index in [1.807, 2.05) is 12.1 Å². The summed E-state index contributed by atoms with van der Waals surface area (Å²) in [5, 5.41) is 12.4. The van der Waals surface area contributed by atoms with Crippen molar-refractivity contribution in [2.75, 3.05) is 19.6 Å². The van der Waals surface area contributed by atoms with Crippen molar-refractivity contribution in [3.63, 3.8) is 0 Å². The Balaban J connectivity index is 1.45. The zero-order valence-corrected chi connectivity index (χ0v) is 14.6. The third-order valence-corrected chi connectivity index (χ3v) is 5.99. The molecule has 1 saturated heterocycles. The Morgan fingerprint density at radius 1 is 1.31 bits per heavy atom. The summed E-state index contributed by atoms with van der Waals surface area (Å²) in [6.07, 6.45) is 9.22. The van der Waals surface area contributed by atoms with Gasteiger partial charge in [-0.2, -0.15) is 0 Å². The number of piperidine rings is 1. The fourth-order valence-electron chi connectivity index (χ4n) is 4.16. The summed E-state index contributed by atoms with van der Waals surface area (Å²) < 4.78 is 0. The van der Waals surface area contributed by atoms with Crippen molar-refractivity contribution in [3.05, 3.63) is 36.2 Å². The Hall–Kier alpha value is -2.25. The summed E-state index contributed by atoms with van der Waals surface area (Å²) in [7, 11) is 0. The smallest absolute Gasteiger partial charge is 0.248 e. The van der Waals surface area contributed by atoms with Crippen LogP contribution in [0.1, 0.15) is 31.2 Å². The van der Waals surface area contributed by atoms with Gasteiger partial charge in [0.15, 0.2) is 0 Å². The van der Waals surface area contributed by atoms with E-state index in [0.717, 1.165) is 31.4 Å². The van der Waals surface area contributed by atoms with E-state index in [2.05, 4.69) is 16.4 Å². The van der Waals surface area contributed by atoms with E-state index in [0.29, 0.717) is 19.5 Å². The number of carbonyl (C=O) groups excluding carboxylic acids is 2. The SMILES string of the molecule is O=C(NO)C1CC2(CC2)CNC1C(=O)N1CC=C(c2ccncc2)CC1. The highest BCUT2D eigenvalue weighted by atomic mass is 16.5. The molecule has 1 aliphatic carbocycles. The molecule has 0 bridgehead atoms. The summed E-state index contributed by atoms with van der Waals surface area (Å²) in [4.78, 5) is 31.0. The lowest BCUT2D eigenvalue weighted by atomic mass is 9.81. The third-order valence-electron chi connectivity index (χ3n) is 5.99. The fourth-order valence-corrected chi connectivity index (χ4v) is 4.16. The second kappa shape index (κ2) is 6.81. The highest BCUT2D eigenvalue weighted by molar-refractivity contribution is 5.90. The van der Waals surface area contributed by atoms with Crippen molar-refractivity contribution >= 4 is 17.4 Å². The molecule has 1 aromatic heterocycles. The molecule has 2 unspecified atom stereocenters. The Bertz CT molecular complexity index is 730. The Morgan fingerprint density at radius 2 is 2.08 bits per heavy atom. The van der Waals surface area contributed by atoms with E-state index in [9.17, 15) is 9.59 Å². The highest BCUT2D eigenvalue weighted by Gasteiger charge is 2.52. The molecule has 3 aliphatic rings. The molecule has 3 heterocycles. The highest BCUT2D eigenvalue weighted by Crippen LogP contribution is 2.52. The summed E-state index contributed by atoms with van der Waals surface area (Å²) in [5.74, 6) is -1.04. The number of amides is 2. The first-order chi connectivity index (χ1) is 12.6. The van der Waals surface area contributed by atoms with Crippen molar-refractivity contribution in [1.29, 1.82) is 0 Å². The predicted octanol–water partition coefficient (Wildman–Crippen LogP) is 0.961. The van der Waals surface area contributed by atoms with Crippen molar-refractivity contribution in [1.82, 2.24) is 20.7 Å². The summed E-state index contributed by atoms with van der Waals surface area (Å²) in [6, 6.07) is 3.38. The van der Waals surface area contributed by atoms with Crippen LogP contribution in [-0.4, -0.2) is 52.6 Å². The van der Waals surface area contributed by atoms with E-state index >= 15 is 0 Å². The fraction of sp³-hybridized carbons (Fsp3) is 0.526. The van der Waals surface area contributed by atoms with E-state index in [1.54, 1.807) is 22.8 Å². The van der Waals surface area contributed by atoms with Crippen LogP contribution in [0.25, 0.3) is 5.57 Å². The molecule has 2 fully saturated rings. The zero-order chi connectivity index (χ0) is 18.1. The van der Waals surface area contributed by atoms with Crippen LogP contribution >= 0.6 is 0 Å². The summed E-state index contributed by atoms with van der Waals surface area (Å²) >= 11 is 0. The number of nitrogens with one attached hydrogen (secondary N) is 2. The lowest BCUT2D eigenvalue weighted by molar-refractivity contribution is -0.144. The van der Waals surface area contributed by atoms with Crippen molar-refractivity contribution in [2.24, 2.45) is 11.3 Å². The Morgan fingerprint density at radius 3 is 2.69 bits per heavy atom. The van der Waals surface area contributed by atoms with E-state index in [-0.39, 0.29) is 11.3 Å². The molecule has 0 aromatic carbocycles. The normalized spacial score (nSPS) is 27.0. The molecule has 1 saturated carbocycles. The molecular formula is C19H24N4O3. The first kappa shape index (κ1) is 17.2. The molecule has 7 heteroatoms. The number of rotatable bonds is 3. The van der Waals surface area contributed by atoms with Gasteiger partial charge in [-0.3, -0.25) is 19.8 Å². The number of carbonyl (C=O) groups is 2. The molecule has 3 N–H and O–H groups in total. The monoisotopic (exact) mass is 356 g/mol. The number of nitrogens with zero attached hydrogens (tertiary/aromatic N) is 2. The maximum absolute atomic E-state index is 13.0. The van der Waals surface area contributed by atoms with Gasteiger partial charge in [0, 0.05) is 32.0 Å². The van der Waals surface area contributed by atoms with Gasteiger partial charge in [-0.05, 0) is 54.4 Å². The van der Waals surface area contributed by atoms with Crippen molar-refractivity contribution < 1.29 is 14.8 Å². The van der Waals surface area contributed by atoms with Crippen LogP contribution in [0.4, 0.5) is 0 Å². The van der Waals surface area contributed by atoms with Crippen molar-refractivity contribution in [3.8, 4) is 0 Å². The molecule has 4 rings (SSSR count). The zero-order valence-electron chi connectivity index (χ0n) is 14.6. The summed E-state index contributed by atoms with van der Waals surface area (Å²) in [5.41, 5.74) is 4.24. The van der Waals surface area contributed by atoms with Gasteiger partial charge in [-0.1, -0.05) is 6.08 Å². The average Bonchev–Trinajstić information content (AvgIpc) is 3.46. The molecule has 1 aromatic rings. The van der Waals surface area contributed by atoms with Gasteiger partial charge in [0.05, 0.1) is 12.0 Å². The number of hydrogen-bond donors (Lipinski definition) is 3. The number of hydrogen-bond acceptors (Lipinski definition) is 5. The van der Waals surface area contributed by atoms with E-state index in [4.69, 9.17) is 5.21 Å². The number of pyridine rings is 1. The van der Waals surface area contributed by atoms with Gasteiger partial charge in [-0.15, -0.1) is 0 Å². The second-order valence-corrected chi connectivity index (χ2v) is 7.64. The first-order valence-electron chi connectivity index (χ1n) is 9.17. The number of aromatic nitrogens is 1. The minimum Gasteiger partial charge on any atom is -0.337 e. The molecule has 2 atom stereocenters. The number of hydroxylamine groups is 1. The van der Waals surface area contributed by atoms with Gasteiger partial charge in [0.2, 0.25) is 11.8 Å². The third kappa shape index (κ3) is 3.24. The second-order valence-electron chi connectivity index (χ2n) is 7.64.